The van der Waals surface area contributed by atoms with Gasteiger partial charge >= 0.3 is 5.97 Å². The molecular formula is C16H20N2O4. The maximum absolute atomic E-state index is 12.1. The quantitative estimate of drug-likeness (QED) is 0.808. The highest BCUT2D eigenvalue weighted by Crippen LogP contribution is 2.47. The highest BCUT2D eigenvalue weighted by Gasteiger charge is 2.58. The molecule has 0 bridgehead atoms. The van der Waals surface area contributed by atoms with Crippen molar-refractivity contribution >= 4 is 23.5 Å². The van der Waals surface area contributed by atoms with E-state index in [9.17, 15) is 14.4 Å². The molecule has 2 N–H and O–H groups in total. The number of amides is 2. The number of hydrogen-bond donors (Lipinski definition) is 2. The second-order valence-corrected chi connectivity index (χ2v) is 5.84. The average Bonchev–Trinajstić information content (AvgIpc) is 3.24. The fourth-order valence-corrected chi connectivity index (χ4v) is 2.37. The number of hydrogen-bond acceptors (Lipinski definition) is 3. The predicted molar refractivity (Wildman–Crippen MR) is 81.5 cm³/mol. The summed E-state index contributed by atoms with van der Waals surface area (Å²) in [6.45, 7) is 3.69. The number of rotatable bonds is 5. The minimum Gasteiger partial charge on any atom is -0.480 e. The Kier molecular flexibility index (Phi) is 4.21. The van der Waals surface area contributed by atoms with E-state index in [1.807, 2.05) is 26.0 Å². The van der Waals surface area contributed by atoms with Gasteiger partial charge in [0.1, 0.15) is 5.41 Å². The van der Waals surface area contributed by atoms with E-state index >= 15 is 0 Å². The van der Waals surface area contributed by atoms with E-state index in [1.165, 1.54) is 11.9 Å². The lowest BCUT2D eigenvalue weighted by atomic mass is 10.1. The number of nitrogens with one attached hydrogen (secondary N) is 1. The molecule has 0 unspecified atom stereocenters. The Morgan fingerprint density at radius 2 is 1.91 bits per heavy atom. The van der Waals surface area contributed by atoms with Gasteiger partial charge in [-0.2, -0.15) is 0 Å². The van der Waals surface area contributed by atoms with Crippen LogP contribution in [0.25, 0.3) is 0 Å². The first-order valence-electron chi connectivity index (χ1n) is 7.13. The van der Waals surface area contributed by atoms with Crippen LogP contribution in [0.15, 0.2) is 18.2 Å². The van der Waals surface area contributed by atoms with Gasteiger partial charge < -0.3 is 15.3 Å². The molecule has 0 radical (unpaired) electrons. The summed E-state index contributed by atoms with van der Waals surface area (Å²) in [6.07, 6.45) is 0.675. The van der Waals surface area contributed by atoms with Crippen LogP contribution in [0.5, 0.6) is 0 Å². The van der Waals surface area contributed by atoms with Crippen LogP contribution in [0.3, 0.4) is 0 Å². The number of benzene rings is 1. The van der Waals surface area contributed by atoms with Crippen LogP contribution >= 0.6 is 0 Å². The van der Waals surface area contributed by atoms with Crippen molar-refractivity contribution in [3.63, 3.8) is 0 Å². The summed E-state index contributed by atoms with van der Waals surface area (Å²) >= 11 is 0. The zero-order valence-corrected chi connectivity index (χ0v) is 13.0. The van der Waals surface area contributed by atoms with E-state index in [1.54, 1.807) is 6.07 Å². The van der Waals surface area contributed by atoms with E-state index in [-0.39, 0.29) is 12.5 Å². The van der Waals surface area contributed by atoms with Crippen molar-refractivity contribution in [3.05, 3.63) is 29.3 Å². The van der Waals surface area contributed by atoms with E-state index in [4.69, 9.17) is 5.11 Å². The van der Waals surface area contributed by atoms with Gasteiger partial charge in [-0.15, -0.1) is 0 Å². The summed E-state index contributed by atoms with van der Waals surface area (Å²) in [4.78, 5) is 36.5. The zero-order chi connectivity index (χ0) is 16.5. The second kappa shape index (κ2) is 5.79. The van der Waals surface area contributed by atoms with Crippen LogP contribution in [0.1, 0.15) is 24.0 Å². The lowest BCUT2D eigenvalue weighted by molar-refractivity contribution is -0.153. The van der Waals surface area contributed by atoms with E-state index < -0.39 is 17.3 Å². The van der Waals surface area contributed by atoms with Crippen molar-refractivity contribution in [1.82, 2.24) is 4.90 Å². The van der Waals surface area contributed by atoms with Gasteiger partial charge in [0.15, 0.2) is 0 Å². The highest BCUT2D eigenvalue weighted by molar-refractivity contribution is 6.06. The molecule has 0 aromatic heterocycles. The normalized spacial score (nSPS) is 15.0. The molecule has 1 aromatic carbocycles. The number of carbonyl (C=O) groups excluding carboxylic acids is 2. The molecule has 6 heteroatoms. The van der Waals surface area contributed by atoms with Crippen molar-refractivity contribution in [2.75, 3.05) is 18.9 Å². The second-order valence-electron chi connectivity index (χ2n) is 5.84. The summed E-state index contributed by atoms with van der Waals surface area (Å²) < 4.78 is 0. The molecule has 1 aromatic rings. The molecule has 0 heterocycles. The number of aryl methyl sites for hydroxylation is 1. The molecule has 0 saturated heterocycles. The molecule has 22 heavy (non-hydrogen) atoms. The Morgan fingerprint density at radius 1 is 1.27 bits per heavy atom. The standard InChI is InChI=1S/C16H20N2O4/c1-10-5-4-6-12(11(10)2)17-13(19)9-18(3)14(20)16(7-8-16)15(21)22/h4-6H,7-9H2,1-3H3,(H,17,19)(H,21,22). The van der Waals surface area contributed by atoms with Crippen molar-refractivity contribution in [2.24, 2.45) is 5.41 Å². The third-order valence-electron chi connectivity index (χ3n) is 4.17. The molecule has 6 nitrogen and oxygen atoms in total. The molecule has 1 aliphatic rings. The lowest BCUT2D eigenvalue weighted by Gasteiger charge is -2.21. The first-order valence-corrected chi connectivity index (χ1v) is 7.13. The number of likely N-dealkylation sites (N-methyl/N-ethyl adjacent to an activating group) is 1. The van der Waals surface area contributed by atoms with Crippen LogP contribution in [0, 0.1) is 19.3 Å². The smallest absolute Gasteiger partial charge is 0.319 e. The third-order valence-corrected chi connectivity index (χ3v) is 4.17. The van der Waals surface area contributed by atoms with Gasteiger partial charge in [-0.25, -0.2) is 0 Å². The van der Waals surface area contributed by atoms with Gasteiger partial charge in [-0.05, 0) is 43.9 Å². The summed E-state index contributed by atoms with van der Waals surface area (Å²) in [5, 5.41) is 11.9. The molecule has 1 saturated carbocycles. The Morgan fingerprint density at radius 3 is 2.45 bits per heavy atom. The van der Waals surface area contributed by atoms with Gasteiger partial charge in [0.2, 0.25) is 11.8 Å². The summed E-state index contributed by atoms with van der Waals surface area (Å²) in [5.74, 6) is -1.96. The van der Waals surface area contributed by atoms with Crippen LogP contribution in [-0.4, -0.2) is 41.4 Å². The summed E-state index contributed by atoms with van der Waals surface area (Å²) in [6, 6.07) is 5.59. The minimum absolute atomic E-state index is 0.165. The van der Waals surface area contributed by atoms with Crippen LogP contribution in [-0.2, 0) is 14.4 Å². The summed E-state index contributed by atoms with van der Waals surface area (Å²) in [7, 11) is 1.45. The molecule has 2 amide bonds. The van der Waals surface area contributed by atoms with Gasteiger partial charge in [-0.3, -0.25) is 14.4 Å². The Balaban J connectivity index is 1.99. The largest absolute Gasteiger partial charge is 0.480 e. The number of nitrogens with zero attached hydrogens (tertiary/aromatic N) is 1. The fourth-order valence-electron chi connectivity index (χ4n) is 2.37. The molecule has 0 spiro atoms. The first-order chi connectivity index (χ1) is 10.3. The third kappa shape index (κ3) is 2.95. The topological polar surface area (TPSA) is 86.7 Å². The van der Waals surface area contributed by atoms with Crippen molar-refractivity contribution < 1.29 is 19.5 Å². The number of anilines is 1. The molecule has 1 aliphatic carbocycles. The lowest BCUT2D eigenvalue weighted by Crippen LogP contribution is -2.42. The van der Waals surface area contributed by atoms with Crippen molar-refractivity contribution in [1.29, 1.82) is 0 Å². The van der Waals surface area contributed by atoms with Crippen molar-refractivity contribution in [2.45, 2.75) is 26.7 Å². The maximum atomic E-state index is 12.1. The number of carboxylic acids is 1. The highest BCUT2D eigenvalue weighted by atomic mass is 16.4. The molecule has 0 aliphatic heterocycles. The van der Waals surface area contributed by atoms with E-state index in [2.05, 4.69) is 5.32 Å². The molecular weight excluding hydrogens is 284 g/mol. The van der Waals surface area contributed by atoms with E-state index in [0.717, 1.165) is 11.1 Å². The number of carbonyl (C=O) groups is 3. The van der Waals surface area contributed by atoms with Gasteiger partial charge in [0, 0.05) is 12.7 Å². The Labute approximate surface area is 129 Å². The average molecular weight is 304 g/mol. The van der Waals surface area contributed by atoms with Gasteiger partial charge in [-0.1, -0.05) is 12.1 Å². The first kappa shape index (κ1) is 16.0. The fraction of sp³-hybridized carbons (Fsp3) is 0.438. The number of carboxylic acid groups (broad SMARTS) is 1. The van der Waals surface area contributed by atoms with Crippen LogP contribution in [0.2, 0.25) is 0 Å². The SMILES string of the molecule is Cc1cccc(NC(=O)CN(C)C(=O)C2(C(=O)O)CC2)c1C. The van der Waals surface area contributed by atoms with Crippen LogP contribution in [0.4, 0.5) is 5.69 Å². The molecule has 1 fully saturated rings. The monoisotopic (exact) mass is 304 g/mol. The van der Waals surface area contributed by atoms with E-state index in [0.29, 0.717) is 18.5 Å². The van der Waals surface area contributed by atoms with Crippen molar-refractivity contribution in [3.8, 4) is 0 Å². The Bertz CT molecular complexity index is 635. The molecule has 0 atom stereocenters. The number of aliphatic carboxylic acids is 1. The molecule has 2 rings (SSSR count). The van der Waals surface area contributed by atoms with Gasteiger partial charge in [0.05, 0.1) is 6.54 Å². The maximum Gasteiger partial charge on any atom is 0.319 e. The summed E-state index contributed by atoms with van der Waals surface area (Å²) in [5.41, 5.74) is 1.41. The zero-order valence-electron chi connectivity index (χ0n) is 13.0. The van der Waals surface area contributed by atoms with Crippen LogP contribution < -0.4 is 5.32 Å². The Hall–Kier alpha value is -2.37. The molecule has 118 valence electrons. The van der Waals surface area contributed by atoms with Gasteiger partial charge in [0.25, 0.3) is 0 Å². The minimum atomic E-state index is -1.31. The predicted octanol–water partition coefficient (Wildman–Crippen LogP) is 1.57.